The number of hydrogen-bond donors (Lipinski definition) is 0. The van der Waals surface area contributed by atoms with Gasteiger partial charge in [0.05, 0.1) is 6.07 Å². The number of rotatable bonds is 3. The summed E-state index contributed by atoms with van der Waals surface area (Å²) in [6, 6.07) is 10.8. The minimum absolute atomic E-state index is 0.181. The molecule has 0 fully saturated rings. The highest BCUT2D eigenvalue weighted by Gasteiger charge is 2.22. The highest BCUT2D eigenvalue weighted by Crippen LogP contribution is 2.26. The number of Topliss-reactive ketones (excluding diaryl/α,β-unsaturated/α-hetero) is 1. The second kappa shape index (κ2) is 5.34. The molecule has 0 radical (unpaired) electrons. The zero-order valence-electron chi connectivity index (χ0n) is 9.68. The van der Waals surface area contributed by atoms with Crippen LogP contribution in [0.15, 0.2) is 35.7 Å². The van der Waals surface area contributed by atoms with Gasteiger partial charge in [-0.2, -0.15) is 5.26 Å². The van der Waals surface area contributed by atoms with Crippen molar-refractivity contribution in [3.05, 3.63) is 56.7 Å². The molecule has 4 heteroatoms. The minimum atomic E-state index is -0.731. The Morgan fingerprint density at radius 3 is 2.78 bits per heavy atom. The zero-order valence-corrected chi connectivity index (χ0v) is 11.3. The van der Waals surface area contributed by atoms with Gasteiger partial charge in [0.2, 0.25) is 0 Å². The molecule has 0 spiro atoms. The Morgan fingerprint density at radius 1 is 1.44 bits per heavy atom. The minimum Gasteiger partial charge on any atom is -0.292 e. The molecule has 0 aliphatic heterocycles. The van der Waals surface area contributed by atoms with Crippen LogP contribution in [-0.2, 0) is 0 Å². The number of thiophene rings is 1. The molecule has 0 amide bonds. The molecule has 0 saturated heterocycles. The first-order valence-electron chi connectivity index (χ1n) is 5.37. The number of ketones is 1. The molecular formula is C14H10ClNOS. The number of nitriles is 1. The van der Waals surface area contributed by atoms with Crippen LogP contribution in [0.25, 0.3) is 0 Å². The molecule has 2 aromatic rings. The van der Waals surface area contributed by atoms with Crippen molar-refractivity contribution in [3.8, 4) is 6.07 Å². The van der Waals surface area contributed by atoms with E-state index in [0.717, 1.165) is 10.4 Å². The van der Waals surface area contributed by atoms with E-state index in [4.69, 9.17) is 16.9 Å². The summed E-state index contributed by atoms with van der Waals surface area (Å²) in [5, 5.41) is 11.6. The molecule has 0 bridgehead atoms. The Morgan fingerprint density at radius 2 is 2.22 bits per heavy atom. The normalized spacial score (nSPS) is 11.8. The van der Waals surface area contributed by atoms with Crippen LogP contribution in [-0.4, -0.2) is 5.78 Å². The summed E-state index contributed by atoms with van der Waals surface area (Å²) >= 11 is 7.34. The topological polar surface area (TPSA) is 40.9 Å². The largest absolute Gasteiger partial charge is 0.292 e. The van der Waals surface area contributed by atoms with E-state index in [2.05, 4.69) is 6.07 Å². The van der Waals surface area contributed by atoms with Crippen molar-refractivity contribution >= 4 is 28.7 Å². The molecule has 18 heavy (non-hydrogen) atoms. The lowest BCUT2D eigenvalue weighted by Crippen LogP contribution is -2.10. The van der Waals surface area contributed by atoms with Crippen LogP contribution in [0.1, 0.15) is 26.7 Å². The molecule has 0 aliphatic carbocycles. The standard InChI is InChI=1S/C14H10ClNOS/c1-9-7-10(4-5-12(9)15)14(17)11(8-16)13-3-2-6-18-13/h2-7,11H,1H3. The Kier molecular flexibility index (Phi) is 3.81. The molecule has 2 nitrogen and oxygen atoms in total. The van der Waals surface area contributed by atoms with E-state index in [1.807, 2.05) is 18.4 Å². The van der Waals surface area contributed by atoms with Crippen molar-refractivity contribution in [2.75, 3.05) is 0 Å². The van der Waals surface area contributed by atoms with E-state index in [0.29, 0.717) is 10.6 Å². The fourth-order valence-electron chi connectivity index (χ4n) is 1.67. The summed E-state index contributed by atoms with van der Waals surface area (Å²) in [6.45, 7) is 1.84. The average molecular weight is 276 g/mol. The molecule has 1 heterocycles. The van der Waals surface area contributed by atoms with Gasteiger partial charge in [-0.3, -0.25) is 4.79 Å². The molecular weight excluding hydrogens is 266 g/mol. The van der Waals surface area contributed by atoms with Crippen molar-refractivity contribution in [3.63, 3.8) is 0 Å². The summed E-state index contributed by atoms with van der Waals surface area (Å²) < 4.78 is 0. The van der Waals surface area contributed by atoms with Gasteiger partial charge in [-0.1, -0.05) is 17.7 Å². The summed E-state index contributed by atoms with van der Waals surface area (Å²) in [5.41, 5.74) is 1.36. The molecule has 1 aromatic heterocycles. The van der Waals surface area contributed by atoms with E-state index in [-0.39, 0.29) is 5.78 Å². The van der Waals surface area contributed by atoms with Gasteiger partial charge in [0, 0.05) is 15.5 Å². The summed E-state index contributed by atoms with van der Waals surface area (Å²) in [4.78, 5) is 13.1. The summed E-state index contributed by atoms with van der Waals surface area (Å²) in [6.07, 6.45) is 0. The smallest absolute Gasteiger partial charge is 0.185 e. The highest BCUT2D eigenvalue weighted by molar-refractivity contribution is 7.10. The van der Waals surface area contributed by atoms with Gasteiger partial charge in [0.15, 0.2) is 5.78 Å². The lowest BCUT2D eigenvalue weighted by Gasteiger charge is -2.07. The van der Waals surface area contributed by atoms with Crippen LogP contribution in [0.3, 0.4) is 0 Å². The maximum absolute atomic E-state index is 12.3. The number of benzene rings is 1. The maximum atomic E-state index is 12.3. The van der Waals surface area contributed by atoms with Crippen LogP contribution in [0.2, 0.25) is 5.02 Å². The zero-order chi connectivity index (χ0) is 13.1. The van der Waals surface area contributed by atoms with E-state index < -0.39 is 5.92 Å². The summed E-state index contributed by atoms with van der Waals surface area (Å²) in [7, 11) is 0. The third-order valence-electron chi connectivity index (χ3n) is 2.66. The molecule has 90 valence electrons. The van der Waals surface area contributed by atoms with Crippen LogP contribution in [0.4, 0.5) is 0 Å². The van der Waals surface area contributed by atoms with Crippen LogP contribution < -0.4 is 0 Å². The predicted octanol–water partition coefficient (Wildman–Crippen LogP) is 4.20. The second-order valence-electron chi connectivity index (χ2n) is 3.91. The first kappa shape index (κ1) is 12.8. The lowest BCUT2D eigenvalue weighted by molar-refractivity contribution is 0.0980. The van der Waals surface area contributed by atoms with Crippen LogP contribution in [0, 0.1) is 18.3 Å². The van der Waals surface area contributed by atoms with E-state index in [1.165, 1.54) is 11.3 Å². The Balaban J connectivity index is 2.36. The van der Waals surface area contributed by atoms with Gasteiger partial charge in [-0.05, 0) is 42.1 Å². The van der Waals surface area contributed by atoms with Crippen LogP contribution >= 0.6 is 22.9 Å². The van der Waals surface area contributed by atoms with Crippen molar-refractivity contribution in [1.29, 1.82) is 5.26 Å². The van der Waals surface area contributed by atoms with Gasteiger partial charge >= 0.3 is 0 Å². The van der Waals surface area contributed by atoms with Gasteiger partial charge < -0.3 is 0 Å². The number of carbonyl (C=O) groups excluding carboxylic acids is 1. The molecule has 1 atom stereocenters. The van der Waals surface area contributed by atoms with E-state index >= 15 is 0 Å². The highest BCUT2D eigenvalue weighted by atomic mass is 35.5. The molecule has 1 aromatic carbocycles. The molecule has 0 N–H and O–H groups in total. The van der Waals surface area contributed by atoms with Crippen molar-refractivity contribution in [2.45, 2.75) is 12.8 Å². The van der Waals surface area contributed by atoms with Crippen LogP contribution in [0.5, 0.6) is 0 Å². The SMILES string of the molecule is Cc1cc(C(=O)C(C#N)c2cccs2)ccc1Cl. The molecule has 0 saturated carbocycles. The van der Waals surface area contributed by atoms with Gasteiger partial charge in [-0.25, -0.2) is 0 Å². The number of nitrogens with zero attached hydrogens (tertiary/aromatic N) is 1. The first-order chi connectivity index (χ1) is 8.63. The number of carbonyl (C=O) groups is 1. The van der Waals surface area contributed by atoms with Gasteiger partial charge in [0.25, 0.3) is 0 Å². The van der Waals surface area contributed by atoms with Gasteiger partial charge in [0.1, 0.15) is 5.92 Å². The third kappa shape index (κ3) is 2.45. The number of hydrogen-bond acceptors (Lipinski definition) is 3. The number of aryl methyl sites for hydroxylation is 1. The molecule has 0 aliphatic rings. The number of halogens is 1. The second-order valence-corrected chi connectivity index (χ2v) is 5.29. The summed E-state index contributed by atoms with van der Waals surface area (Å²) in [5.74, 6) is -0.912. The molecule has 1 unspecified atom stereocenters. The fraction of sp³-hybridized carbons (Fsp3) is 0.143. The third-order valence-corrected chi connectivity index (χ3v) is 4.02. The van der Waals surface area contributed by atoms with Crippen molar-refractivity contribution < 1.29 is 4.79 Å². The Labute approximate surface area is 114 Å². The monoisotopic (exact) mass is 275 g/mol. The lowest BCUT2D eigenvalue weighted by atomic mass is 9.96. The predicted molar refractivity (Wildman–Crippen MR) is 73.2 cm³/mol. The Hall–Kier alpha value is -1.63. The first-order valence-corrected chi connectivity index (χ1v) is 6.62. The van der Waals surface area contributed by atoms with E-state index in [1.54, 1.807) is 24.3 Å². The van der Waals surface area contributed by atoms with Gasteiger partial charge in [-0.15, -0.1) is 11.3 Å². The average Bonchev–Trinajstić information content (AvgIpc) is 2.87. The molecule has 2 rings (SSSR count). The fourth-order valence-corrected chi connectivity index (χ4v) is 2.56. The van der Waals surface area contributed by atoms with Crippen molar-refractivity contribution in [2.24, 2.45) is 0 Å². The quantitative estimate of drug-likeness (QED) is 0.788. The van der Waals surface area contributed by atoms with E-state index in [9.17, 15) is 4.79 Å². The maximum Gasteiger partial charge on any atom is 0.185 e. The van der Waals surface area contributed by atoms with Crippen molar-refractivity contribution in [1.82, 2.24) is 0 Å². The Bertz CT molecular complexity index is 613.